The number of β-amino-alcohol motifs (C(OH)–C–C–N with tert-alkyl or cyclic N) is 1. The summed E-state index contributed by atoms with van der Waals surface area (Å²) in [5, 5.41) is 32.4. The number of nitrogens with zero attached hydrogens (tertiary/aromatic N) is 4. The minimum Gasteiger partial charge on any atom is -0.476 e. The Bertz CT molecular complexity index is 1520. The monoisotopic (exact) mass is 607 g/mol. The fraction of sp³-hybridized carbons (Fsp3) is 0.433. The summed E-state index contributed by atoms with van der Waals surface area (Å²) >= 11 is 1.66. The van der Waals surface area contributed by atoms with Gasteiger partial charge in [-0.3, -0.25) is 5.32 Å². The minimum atomic E-state index is -0.773. The van der Waals surface area contributed by atoms with E-state index in [2.05, 4.69) is 44.2 Å². The van der Waals surface area contributed by atoms with Gasteiger partial charge in [0, 0.05) is 43.0 Å². The van der Waals surface area contributed by atoms with E-state index in [4.69, 9.17) is 19.4 Å². The average Bonchev–Trinajstić information content (AvgIpc) is 3.26. The predicted molar refractivity (Wildman–Crippen MR) is 165 cm³/mol. The van der Waals surface area contributed by atoms with E-state index < -0.39 is 12.1 Å². The van der Waals surface area contributed by atoms with Crippen LogP contribution in [0.15, 0.2) is 58.2 Å². The molecule has 1 aromatic carbocycles. The number of aliphatic hydroxyl groups is 2. The third-order valence-corrected chi connectivity index (χ3v) is 9.00. The zero-order valence-electron chi connectivity index (χ0n) is 24.6. The summed E-state index contributed by atoms with van der Waals surface area (Å²) in [7, 11) is 2.06. The van der Waals surface area contributed by atoms with Crippen molar-refractivity contribution in [3.05, 3.63) is 60.0 Å². The minimum absolute atomic E-state index is 0.0354. The molecule has 12 nitrogen and oxygen atoms in total. The van der Waals surface area contributed by atoms with Crippen molar-refractivity contribution >= 4 is 40.7 Å². The number of amides is 2. The topological polar surface area (TPSA) is 148 Å². The van der Waals surface area contributed by atoms with Crippen LogP contribution in [0.25, 0.3) is 5.70 Å². The number of anilines is 3. The quantitative estimate of drug-likeness (QED) is 0.228. The Labute approximate surface area is 254 Å². The number of rotatable bonds is 10. The van der Waals surface area contributed by atoms with Crippen LogP contribution in [0.4, 0.5) is 22.0 Å². The Morgan fingerprint density at radius 1 is 1.21 bits per heavy atom. The molecule has 2 aromatic heterocycles. The Balaban J connectivity index is 1.06. The number of hydrogen-bond acceptors (Lipinski definition) is 11. The van der Waals surface area contributed by atoms with Gasteiger partial charge in [-0.05, 0) is 36.6 Å². The molecule has 3 aromatic rings. The molecular formula is C30H37N7O5S. The number of urea groups is 1. The lowest BCUT2D eigenvalue weighted by atomic mass is 9.93. The summed E-state index contributed by atoms with van der Waals surface area (Å²) < 4.78 is 11.4. The van der Waals surface area contributed by atoms with Crippen LogP contribution in [0.2, 0.25) is 0 Å². The lowest BCUT2D eigenvalue weighted by molar-refractivity contribution is 0.0878. The first kappa shape index (κ1) is 29.3. The van der Waals surface area contributed by atoms with Gasteiger partial charge in [0.05, 0.1) is 29.6 Å². The van der Waals surface area contributed by atoms with Crippen LogP contribution in [-0.4, -0.2) is 75.2 Å². The van der Waals surface area contributed by atoms with Crippen molar-refractivity contribution in [3.63, 3.8) is 0 Å². The molecule has 2 aliphatic heterocycles. The van der Waals surface area contributed by atoms with Gasteiger partial charge in [0.1, 0.15) is 17.4 Å². The number of pyridine rings is 1. The van der Waals surface area contributed by atoms with E-state index in [1.165, 1.54) is 0 Å². The van der Waals surface area contributed by atoms with Crippen LogP contribution in [0, 0.1) is 0 Å². The highest BCUT2D eigenvalue weighted by atomic mass is 32.2. The van der Waals surface area contributed by atoms with Gasteiger partial charge in [-0.1, -0.05) is 49.8 Å². The lowest BCUT2D eigenvalue weighted by Gasteiger charge is -2.24. The second-order valence-electron chi connectivity index (χ2n) is 12.2. The first-order valence-electron chi connectivity index (χ1n) is 14.3. The summed E-state index contributed by atoms with van der Waals surface area (Å²) in [6.07, 6.45) is 3.27. The summed E-state index contributed by atoms with van der Waals surface area (Å²) in [4.78, 5) is 21.7. The number of benzene rings is 1. The summed E-state index contributed by atoms with van der Waals surface area (Å²) in [5.41, 5.74) is 3.44. The lowest BCUT2D eigenvalue weighted by Crippen LogP contribution is -2.42. The van der Waals surface area contributed by atoms with Crippen LogP contribution in [0.5, 0.6) is 5.88 Å². The molecule has 43 heavy (non-hydrogen) atoms. The molecule has 0 spiro atoms. The van der Waals surface area contributed by atoms with E-state index >= 15 is 0 Å². The van der Waals surface area contributed by atoms with Gasteiger partial charge in [0.2, 0.25) is 5.88 Å². The number of ether oxygens (including phenoxy) is 1. The number of thioether (sulfide) groups is 1. The van der Waals surface area contributed by atoms with Gasteiger partial charge in [0.25, 0.3) is 0 Å². The molecule has 228 valence electrons. The number of hydrogen-bond donors (Lipinski definition) is 5. The Morgan fingerprint density at radius 2 is 1.98 bits per heavy atom. The maximum absolute atomic E-state index is 12.5. The van der Waals surface area contributed by atoms with Gasteiger partial charge in [-0.25, -0.2) is 9.78 Å². The van der Waals surface area contributed by atoms with Gasteiger partial charge < -0.3 is 39.9 Å². The van der Waals surface area contributed by atoms with Crippen molar-refractivity contribution in [2.75, 3.05) is 42.3 Å². The largest absolute Gasteiger partial charge is 0.476 e. The predicted octanol–water partition coefficient (Wildman–Crippen LogP) is 4.01. The van der Waals surface area contributed by atoms with Crippen LogP contribution >= 0.6 is 11.8 Å². The SMILES string of the molecule is CN1C(c2ccc(NC(=O)Nc3cc(C(C)(C)C)on3)cc2)=CN2c3ccc(OCC4(NC[C@H](O)CO)CC4)nc3SC12. The molecule has 0 bridgehead atoms. The van der Waals surface area contributed by atoms with E-state index in [-0.39, 0.29) is 23.1 Å². The highest BCUT2D eigenvalue weighted by Crippen LogP contribution is 2.49. The second-order valence-corrected chi connectivity index (χ2v) is 13.3. The molecule has 2 atom stereocenters. The van der Waals surface area contributed by atoms with Crippen LogP contribution in [0.3, 0.4) is 0 Å². The zero-order chi connectivity index (χ0) is 30.4. The van der Waals surface area contributed by atoms with Crippen LogP contribution < -0.4 is 25.6 Å². The smallest absolute Gasteiger partial charge is 0.324 e. The number of fused-ring (bicyclic) bond motifs is 3. The van der Waals surface area contributed by atoms with E-state index in [1.54, 1.807) is 17.8 Å². The molecule has 3 aliphatic rings. The van der Waals surface area contributed by atoms with Crippen molar-refractivity contribution in [3.8, 4) is 5.88 Å². The summed E-state index contributed by atoms with van der Waals surface area (Å²) in [6, 6.07) is 13.0. The molecule has 1 saturated carbocycles. The molecule has 6 rings (SSSR count). The highest BCUT2D eigenvalue weighted by Gasteiger charge is 2.44. The number of aromatic nitrogens is 2. The highest BCUT2D eigenvalue weighted by molar-refractivity contribution is 8.00. The van der Waals surface area contributed by atoms with Crippen molar-refractivity contribution < 1.29 is 24.3 Å². The standard InChI is InChI=1S/C30H37N7O5S/c1-29(2,3)23-13-24(35-42-23)33-27(40)32-19-7-5-18(6-8-19)22-15-37-21-9-10-25(34-26(21)43-28(37)36(22)4)41-17-30(11-12-30)31-14-20(39)16-38/h5-10,13,15,20,28,31,38-39H,11-12,14,16-17H2,1-4H3,(H2,32,33,35,40)/t20-,28?/m0/s1. The van der Waals surface area contributed by atoms with Gasteiger partial charge in [-0.15, -0.1) is 0 Å². The first-order chi connectivity index (χ1) is 20.5. The third-order valence-electron chi connectivity index (χ3n) is 7.72. The summed E-state index contributed by atoms with van der Waals surface area (Å²) in [6.45, 7) is 6.58. The van der Waals surface area contributed by atoms with E-state index in [1.807, 2.05) is 57.2 Å². The Hall–Kier alpha value is -3.78. The Morgan fingerprint density at radius 3 is 2.65 bits per heavy atom. The molecule has 0 saturated heterocycles. The van der Waals surface area contributed by atoms with Gasteiger partial charge >= 0.3 is 6.03 Å². The van der Waals surface area contributed by atoms with Crippen LogP contribution in [0.1, 0.15) is 44.9 Å². The fourth-order valence-electron chi connectivity index (χ4n) is 4.90. The van der Waals surface area contributed by atoms with E-state index in [0.29, 0.717) is 36.3 Å². The zero-order valence-corrected chi connectivity index (χ0v) is 25.4. The van der Waals surface area contributed by atoms with Crippen LogP contribution in [-0.2, 0) is 5.41 Å². The number of carbonyl (C=O) groups excluding carboxylic acids is 1. The molecule has 2 amide bonds. The van der Waals surface area contributed by atoms with Crippen molar-refractivity contribution in [2.45, 2.75) is 61.2 Å². The first-order valence-corrected chi connectivity index (χ1v) is 15.1. The summed E-state index contributed by atoms with van der Waals surface area (Å²) in [5.74, 6) is 1.63. The molecule has 4 heterocycles. The van der Waals surface area contributed by atoms with Crippen molar-refractivity contribution in [2.24, 2.45) is 0 Å². The van der Waals surface area contributed by atoms with Crippen molar-refractivity contribution in [1.29, 1.82) is 0 Å². The molecule has 1 aliphatic carbocycles. The second kappa shape index (κ2) is 11.4. The maximum atomic E-state index is 12.5. The molecule has 0 radical (unpaired) electrons. The van der Waals surface area contributed by atoms with Gasteiger partial charge in [0.15, 0.2) is 11.3 Å². The molecule has 1 fully saturated rings. The normalized spacial score (nSPS) is 19.0. The third kappa shape index (κ3) is 6.30. The molecular weight excluding hydrogens is 570 g/mol. The van der Waals surface area contributed by atoms with E-state index in [0.717, 1.165) is 34.8 Å². The van der Waals surface area contributed by atoms with E-state index in [9.17, 15) is 9.90 Å². The van der Waals surface area contributed by atoms with Crippen molar-refractivity contribution in [1.82, 2.24) is 20.4 Å². The number of nitrogens with one attached hydrogen (secondary N) is 3. The number of carbonyl (C=O) groups is 1. The molecule has 1 unspecified atom stereocenters. The van der Waals surface area contributed by atoms with Gasteiger partial charge in [-0.2, -0.15) is 0 Å². The average molecular weight is 608 g/mol. The molecule has 13 heteroatoms. The maximum Gasteiger partial charge on any atom is 0.324 e. The number of aliphatic hydroxyl groups excluding tert-OH is 2. The molecule has 5 N–H and O–H groups in total. The Kier molecular flexibility index (Phi) is 7.75. The fourth-order valence-corrected chi connectivity index (χ4v) is 6.10.